The van der Waals surface area contributed by atoms with E-state index in [0.717, 1.165) is 4.90 Å². The molecule has 2 bridgehead atoms. The van der Waals surface area contributed by atoms with Crippen molar-refractivity contribution in [1.82, 2.24) is 4.98 Å². The van der Waals surface area contributed by atoms with Gasteiger partial charge in [0.15, 0.2) is 11.4 Å². The Bertz CT molecular complexity index is 849. The highest BCUT2D eigenvalue weighted by Crippen LogP contribution is 2.60. The smallest absolute Gasteiger partial charge is 0.240 e. The van der Waals surface area contributed by atoms with Gasteiger partial charge in [0.2, 0.25) is 11.8 Å². The Balaban J connectivity index is 1.79. The minimum atomic E-state index is -1.08. The van der Waals surface area contributed by atoms with Gasteiger partial charge in [-0.15, -0.1) is 0 Å². The lowest BCUT2D eigenvalue weighted by molar-refractivity contribution is -0.132. The Morgan fingerprint density at radius 1 is 1.40 bits per heavy atom. The third-order valence-electron chi connectivity index (χ3n) is 5.72. The fourth-order valence-corrected chi connectivity index (χ4v) is 4.57. The predicted molar refractivity (Wildman–Crippen MR) is 83.5 cm³/mol. The van der Waals surface area contributed by atoms with Gasteiger partial charge in [0.05, 0.1) is 42.5 Å². The molecule has 8 nitrogen and oxygen atoms in total. The van der Waals surface area contributed by atoms with Crippen molar-refractivity contribution in [1.29, 1.82) is 5.26 Å². The van der Waals surface area contributed by atoms with Gasteiger partial charge in [-0.3, -0.25) is 9.59 Å². The topological polar surface area (TPSA) is 113 Å². The number of nitrogens with zero attached hydrogens (tertiary/aromatic N) is 3. The molecule has 5 atom stereocenters. The number of hydrogen-bond acceptors (Lipinski definition) is 7. The SMILES string of the molecule is COc1cc(N2C(=O)[C@@H]3[C@H](C2=O)C2(C)OC3(C)C[C@H]2O)cnc1C#N. The molecule has 3 saturated heterocycles. The molecule has 0 aliphatic carbocycles. The summed E-state index contributed by atoms with van der Waals surface area (Å²) < 4.78 is 11.0. The largest absolute Gasteiger partial charge is 0.494 e. The molecule has 0 spiro atoms. The Labute approximate surface area is 144 Å². The number of aromatic nitrogens is 1. The fraction of sp³-hybridized carbons (Fsp3) is 0.529. The summed E-state index contributed by atoms with van der Waals surface area (Å²) >= 11 is 0. The third kappa shape index (κ3) is 1.79. The van der Waals surface area contributed by atoms with Gasteiger partial charge in [-0.1, -0.05) is 0 Å². The number of amides is 2. The average Bonchev–Trinajstić information content (AvgIpc) is 3.08. The molecule has 0 saturated carbocycles. The number of anilines is 1. The number of rotatable bonds is 2. The fourth-order valence-electron chi connectivity index (χ4n) is 4.57. The standard InChI is InChI=1S/C17H17N3O5/c1-16-5-11(21)17(2,25-16)13-12(16)14(22)20(15(13)23)8-4-10(24-3)9(6-18)19-7-8/h4,7,11-13,21H,5H2,1-3H3/t11-,12+,13-,16?,17?/m1/s1. The lowest BCUT2D eigenvalue weighted by atomic mass is 9.67. The molecule has 2 amide bonds. The zero-order valence-corrected chi connectivity index (χ0v) is 14.0. The van der Waals surface area contributed by atoms with Gasteiger partial charge in [0.25, 0.3) is 0 Å². The first-order chi connectivity index (χ1) is 11.8. The molecule has 8 heteroatoms. The first kappa shape index (κ1) is 16.0. The van der Waals surface area contributed by atoms with E-state index >= 15 is 0 Å². The van der Waals surface area contributed by atoms with E-state index in [-0.39, 0.29) is 23.0 Å². The summed E-state index contributed by atoms with van der Waals surface area (Å²) in [4.78, 5) is 31.1. The molecule has 1 aromatic heterocycles. The number of ether oxygens (including phenoxy) is 2. The van der Waals surface area contributed by atoms with Crippen molar-refractivity contribution in [3.05, 3.63) is 18.0 Å². The Morgan fingerprint density at radius 3 is 2.72 bits per heavy atom. The van der Waals surface area contributed by atoms with Crippen LogP contribution in [0.15, 0.2) is 12.3 Å². The number of pyridine rings is 1. The summed E-state index contributed by atoms with van der Waals surface area (Å²) in [7, 11) is 1.39. The van der Waals surface area contributed by atoms with Crippen LogP contribution in [0.25, 0.3) is 0 Å². The molecular weight excluding hydrogens is 326 g/mol. The monoisotopic (exact) mass is 343 g/mol. The molecule has 25 heavy (non-hydrogen) atoms. The normalized spacial score (nSPS) is 38.8. The van der Waals surface area contributed by atoms with Gasteiger partial charge < -0.3 is 14.6 Å². The predicted octanol–water partition coefficient (Wildman–Crippen LogP) is 0.380. The maximum atomic E-state index is 13.0. The quantitative estimate of drug-likeness (QED) is 0.772. The number of imide groups is 1. The van der Waals surface area contributed by atoms with Crippen molar-refractivity contribution < 1.29 is 24.2 Å². The number of carbonyl (C=O) groups is 2. The van der Waals surface area contributed by atoms with Crippen LogP contribution in [0.2, 0.25) is 0 Å². The van der Waals surface area contributed by atoms with E-state index in [1.165, 1.54) is 19.4 Å². The van der Waals surface area contributed by atoms with E-state index in [1.54, 1.807) is 13.8 Å². The second-order valence-electron chi connectivity index (χ2n) is 7.14. The van der Waals surface area contributed by atoms with E-state index < -0.39 is 35.0 Å². The Hall–Kier alpha value is -2.50. The van der Waals surface area contributed by atoms with Crippen LogP contribution in [-0.2, 0) is 14.3 Å². The van der Waals surface area contributed by atoms with Crippen LogP contribution in [0.5, 0.6) is 5.75 Å². The lowest BCUT2D eigenvalue weighted by Gasteiger charge is -2.31. The Morgan fingerprint density at radius 2 is 2.08 bits per heavy atom. The van der Waals surface area contributed by atoms with Crippen molar-refractivity contribution in [2.45, 2.75) is 37.6 Å². The first-order valence-corrected chi connectivity index (χ1v) is 7.97. The second kappa shape index (κ2) is 4.77. The van der Waals surface area contributed by atoms with Crippen molar-refractivity contribution in [3.63, 3.8) is 0 Å². The third-order valence-corrected chi connectivity index (χ3v) is 5.72. The van der Waals surface area contributed by atoms with Crippen molar-refractivity contribution in [2.24, 2.45) is 11.8 Å². The minimum absolute atomic E-state index is 0.0725. The molecule has 0 aromatic carbocycles. The van der Waals surface area contributed by atoms with Gasteiger partial charge in [-0.25, -0.2) is 9.88 Å². The molecule has 2 unspecified atom stereocenters. The summed E-state index contributed by atoms with van der Waals surface area (Å²) in [5.41, 5.74) is -1.63. The van der Waals surface area contributed by atoms with Crippen LogP contribution in [0, 0.1) is 23.2 Å². The number of nitriles is 1. The lowest BCUT2D eigenvalue weighted by Crippen LogP contribution is -2.49. The minimum Gasteiger partial charge on any atom is -0.494 e. The van der Waals surface area contributed by atoms with E-state index in [4.69, 9.17) is 14.7 Å². The van der Waals surface area contributed by atoms with E-state index in [9.17, 15) is 14.7 Å². The Kier molecular flexibility index (Phi) is 3.05. The van der Waals surface area contributed by atoms with Crippen molar-refractivity contribution >= 4 is 17.5 Å². The van der Waals surface area contributed by atoms with Crippen LogP contribution in [-0.4, -0.2) is 46.3 Å². The van der Waals surface area contributed by atoms with Gasteiger partial charge in [0, 0.05) is 12.5 Å². The average molecular weight is 343 g/mol. The molecule has 4 rings (SSSR count). The second-order valence-corrected chi connectivity index (χ2v) is 7.14. The van der Waals surface area contributed by atoms with Gasteiger partial charge >= 0.3 is 0 Å². The van der Waals surface area contributed by atoms with Gasteiger partial charge in [0.1, 0.15) is 11.7 Å². The molecule has 3 aliphatic heterocycles. The van der Waals surface area contributed by atoms with Gasteiger partial charge in [-0.2, -0.15) is 5.26 Å². The van der Waals surface area contributed by atoms with E-state index in [2.05, 4.69) is 4.98 Å². The number of fused-ring (bicyclic) bond motifs is 5. The molecule has 0 radical (unpaired) electrons. The highest BCUT2D eigenvalue weighted by Gasteiger charge is 2.75. The summed E-state index contributed by atoms with van der Waals surface area (Å²) in [5, 5.41) is 19.4. The summed E-state index contributed by atoms with van der Waals surface area (Å²) in [6.07, 6.45) is 0.818. The number of methoxy groups -OCH3 is 1. The maximum absolute atomic E-state index is 13.0. The zero-order chi connectivity index (χ0) is 18.1. The molecule has 4 heterocycles. The highest BCUT2D eigenvalue weighted by atomic mass is 16.6. The number of hydrogen-bond donors (Lipinski definition) is 1. The number of aliphatic hydroxyl groups excluding tert-OH is 1. The maximum Gasteiger partial charge on any atom is 0.240 e. The van der Waals surface area contributed by atoms with Crippen molar-refractivity contribution in [3.8, 4) is 11.8 Å². The summed E-state index contributed by atoms with van der Waals surface area (Å²) in [6, 6.07) is 3.34. The van der Waals surface area contributed by atoms with E-state index in [1.807, 2.05) is 6.07 Å². The van der Waals surface area contributed by atoms with Crippen LogP contribution in [0.4, 0.5) is 5.69 Å². The molecule has 3 aliphatic rings. The number of aliphatic hydroxyl groups is 1. The van der Waals surface area contributed by atoms with Crippen LogP contribution in [0.1, 0.15) is 26.0 Å². The molecular formula is C17H17N3O5. The van der Waals surface area contributed by atoms with Crippen LogP contribution >= 0.6 is 0 Å². The highest BCUT2D eigenvalue weighted by molar-refractivity contribution is 6.23. The summed E-state index contributed by atoms with van der Waals surface area (Å²) in [5.74, 6) is -1.99. The van der Waals surface area contributed by atoms with Crippen molar-refractivity contribution in [2.75, 3.05) is 12.0 Å². The summed E-state index contributed by atoms with van der Waals surface area (Å²) in [6.45, 7) is 3.44. The van der Waals surface area contributed by atoms with E-state index in [0.29, 0.717) is 6.42 Å². The molecule has 1 N–H and O–H groups in total. The molecule has 3 fully saturated rings. The number of carbonyl (C=O) groups excluding carboxylic acids is 2. The van der Waals surface area contributed by atoms with Crippen LogP contribution < -0.4 is 9.64 Å². The van der Waals surface area contributed by atoms with Crippen LogP contribution in [0.3, 0.4) is 0 Å². The first-order valence-electron chi connectivity index (χ1n) is 7.97. The zero-order valence-electron chi connectivity index (χ0n) is 14.0. The molecule has 130 valence electrons. The van der Waals surface area contributed by atoms with Gasteiger partial charge in [-0.05, 0) is 13.8 Å². The molecule has 1 aromatic rings.